The van der Waals surface area contributed by atoms with Crippen LogP contribution in [0.2, 0.25) is 0 Å². The summed E-state index contributed by atoms with van der Waals surface area (Å²) in [5.41, 5.74) is 2.36. The third kappa shape index (κ3) is 2.72. The molecule has 3 heteroatoms. The number of carbonyl (C=O) groups excluding carboxylic acids is 1. The summed E-state index contributed by atoms with van der Waals surface area (Å²) >= 11 is 0. The number of fused-ring (bicyclic) bond motifs is 1. The molecule has 2 unspecified atom stereocenters. The van der Waals surface area contributed by atoms with E-state index in [-0.39, 0.29) is 5.92 Å². The average molecular weight is 248 g/mol. The van der Waals surface area contributed by atoms with E-state index in [9.17, 15) is 9.90 Å². The first-order valence-electron chi connectivity index (χ1n) is 6.66. The number of aryl methyl sites for hydroxylation is 1. The Morgan fingerprint density at radius 3 is 3.00 bits per heavy atom. The molecule has 3 nitrogen and oxygen atoms in total. The van der Waals surface area contributed by atoms with Crippen molar-refractivity contribution in [1.82, 2.24) is 0 Å². The van der Waals surface area contributed by atoms with Crippen LogP contribution < -0.4 is 0 Å². The Kier molecular flexibility index (Phi) is 4.37. The maximum Gasteiger partial charge on any atom is 0.335 e. The number of ether oxygens (including phenoxy) is 1. The molecule has 1 aliphatic carbocycles. The van der Waals surface area contributed by atoms with Gasteiger partial charge in [-0.2, -0.15) is 0 Å². The lowest BCUT2D eigenvalue weighted by Crippen LogP contribution is -2.30. The van der Waals surface area contributed by atoms with Gasteiger partial charge < -0.3 is 9.84 Å². The predicted octanol–water partition coefficient (Wildman–Crippen LogP) is 2.42. The molecule has 1 aromatic carbocycles. The number of rotatable bonds is 3. The highest BCUT2D eigenvalue weighted by Crippen LogP contribution is 2.33. The summed E-state index contributed by atoms with van der Waals surface area (Å²) in [6, 6.07) is 8.09. The predicted molar refractivity (Wildman–Crippen MR) is 69.4 cm³/mol. The number of benzene rings is 1. The Morgan fingerprint density at radius 1 is 1.44 bits per heavy atom. The molecule has 1 N–H and O–H groups in total. The summed E-state index contributed by atoms with van der Waals surface area (Å²) < 4.78 is 4.92. The maximum atomic E-state index is 11.7. The quantitative estimate of drug-likeness (QED) is 0.660. The Morgan fingerprint density at radius 2 is 2.22 bits per heavy atom. The molecule has 0 radical (unpaired) electrons. The molecule has 0 saturated carbocycles. The van der Waals surface area contributed by atoms with Crippen molar-refractivity contribution in [2.45, 2.75) is 44.6 Å². The molecule has 2 rings (SSSR count). The topological polar surface area (TPSA) is 46.5 Å². The number of carbonyl (C=O) groups is 1. The number of hydrogen-bond donors (Lipinski definition) is 1. The molecule has 0 spiro atoms. The van der Waals surface area contributed by atoms with Crippen molar-refractivity contribution in [3.8, 4) is 0 Å². The van der Waals surface area contributed by atoms with E-state index in [1.54, 1.807) is 6.92 Å². The highest BCUT2D eigenvalue weighted by molar-refractivity contribution is 5.75. The zero-order chi connectivity index (χ0) is 13.0. The van der Waals surface area contributed by atoms with Gasteiger partial charge >= 0.3 is 5.97 Å². The molecule has 0 aliphatic heterocycles. The smallest absolute Gasteiger partial charge is 0.335 e. The molecule has 18 heavy (non-hydrogen) atoms. The fourth-order valence-corrected chi connectivity index (χ4v) is 2.68. The van der Waals surface area contributed by atoms with E-state index in [1.165, 1.54) is 5.56 Å². The first kappa shape index (κ1) is 13.1. The zero-order valence-electron chi connectivity index (χ0n) is 10.8. The van der Waals surface area contributed by atoms with Crippen molar-refractivity contribution in [3.05, 3.63) is 35.4 Å². The molecule has 0 amide bonds. The third-order valence-corrected chi connectivity index (χ3v) is 3.58. The second kappa shape index (κ2) is 6.01. The average Bonchev–Trinajstić information content (AvgIpc) is 2.60. The van der Waals surface area contributed by atoms with E-state index >= 15 is 0 Å². The van der Waals surface area contributed by atoms with Gasteiger partial charge in [-0.25, -0.2) is 4.79 Å². The van der Waals surface area contributed by atoms with Gasteiger partial charge in [0, 0.05) is 5.92 Å². The molecule has 0 heterocycles. The summed E-state index contributed by atoms with van der Waals surface area (Å²) in [6.45, 7) is 2.07. The number of aliphatic hydroxyl groups excluding tert-OH is 1. The normalized spacial score (nSPS) is 20.7. The highest BCUT2D eigenvalue weighted by Gasteiger charge is 2.30. The first-order chi connectivity index (χ1) is 8.74. The van der Waals surface area contributed by atoms with Gasteiger partial charge in [0.2, 0.25) is 0 Å². The van der Waals surface area contributed by atoms with Crippen LogP contribution in [0.3, 0.4) is 0 Å². The van der Waals surface area contributed by atoms with Crippen LogP contribution in [-0.2, 0) is 16.0 Å². The van der Waals surface area contributed by atoms with Crippen molar-refractivity contribution < 1.29 is 14.6 Å². The van der Waals surface area contributed by atoms with Crippen LogP contribution in [0.25, 0.3) is 0 Å². The lowest BCUT2D eigenvalue weighted by Gasteiger charge is -2.22. The number of aliphatic hydroxyl groups is 1. The fourth-order valence-electron chi connectivity index (χ4n) is 2.68. The Hall–Kier alpha value is -1.35. The van der Waals surface area contributed by atoms with Gasteiger partial charge in [-0.05, 0) is 37.3 Å². The maximum absolute atomic E-state index is 11.7. The van der Waals surface area contributed by atoms with Crippen molar-refractivity contribution in [2.75, 3.05) is 6.61 Å². The van der Waals surface area contributed by atoms with Gasteiger partial charge in [-0.1, -0.05) is 30.7 Å². The van der Waals surface area contributed by atoms with E-state index in [0.717, 1.165) is 31.2 Å². The number of hydrogen-bond acceptors (Lipinski definition) is 3. The molecule has 1 aromatic rings. The second-order valence-electron chi connectivity index (χ2n) is 4.75. The van der Waals surface area contributed by atoms with Gasteiger partial charge in [0.05, 0.1) is 6.61 Å². The lowest BCUT2D eigenvalue weighted by molar-refractivity contribution is -0.154. The molecule has 0 aromatic heterocycles. The van der Waals surface area contributed by atoms with Crippen molar-refractivity contribution in [3.63, 3.8) is 0 Å². The minimum Gasteiger partial charge on any atom is -0.464 e. The van der Waals surface area contributed by atoms with Crippen LogP contribution in [-0.4, -0.2) is 23.8 Å². The highest BCUT2D eigenvalue weighted by atomic mass is 16.5. The monoisotopic (exact) mass is 248 g/mol. The molecule has 0 bridgehead atoms. The van der Waals surface area contributed by atoms with Gasteiger partial charge in [-0.3, -0.25) is 0 Å². The first-order valence-corrected chi connectivity index (χ1v) is 6.66. The molecule has 0 saturated heterocycles. The molecule has 98 valence electrons. The minimum atomic E-state index is -1.04. The Bertz CT molecular complexity index is 414. The summed E-state index contributed by atoms with van der Waals surface area (Å²) in [5, 5.41) is 10.2. The number of esters is 1. The van der Waals surface area contributed by atoms with E-state index in [4.69, 9.17) is 4.74 Å². The van der Waals surface area contributed by atoms with E-state index in [0.29, 0.717) is 6.61 Å². The van der Waals surface area contributed by atoms with Crippen molar-refractivity contribution >= 4 is 5.97 Å². The summed E-state index contributed by atoms with van der Waals surface area (Å²) in [5.74, 6) is -0.623. The SMILES string of the molecule is CCOC(=O)C(O)C1CCCCc2ccccc21. The molecule has 2 atom stereocenters. The van der Waals surface area contributed by atoms with Crippen LogP contribution in [0.1, 0.15) is 43.2 Å². The summed E-state index contributed by atoms with van der Waals surface area (Å²) in [7, 11) is 0. The standard InChI is InChI=1S/C15H20O3/c1-2-18-15(17)14(16)13-10-6-4-8-11-7-3-5-9-12(11)13/h3,5,7,9,13-14,16H,2,4,6,8,10H2,1H3. The van der Waals surface area contributed by atoms with Crippen molar-refractivity contribution in [2.24, 2.45) is 0 Å². The lowest BCUT2D eigenvalue weighted by atomic mass is 9.88. The van der Waals surface area contributed by atoms with Gasteiger partial charge in [0.25, 0.3) is 0 Å². The Labute approximate surface area is 108 Å². The molecular formula is C15H20O3. The van der Waals surface area contributed by atoms with E-state index in [2.05, 4.69) is 6.07 Å². The molecular weight excluding hydrogens is 228 g/mol. The summed E-state index contributed by atoms with van der Waals surface area (Å²) in [4.78, 5) is 11.7. The third-order valence-electron chi connectivity index (χ3n) is 3.58. The van der Waals surface area contributed by atoms with Crippen LogP contribution >= 0.6 is 0 Å². The van der Waals surface area contributed by atoms with Crippen LogP contribution in [0.5, 0.6) is 0 Å². The zero-order valence-corrected chi connectivity index (χ0v) is 10.8. The fraction of sp³-hybridized carbons (Fsp3) is 0.533. The van der Waals surface area contributed by atoms with Gasteiger partial charge in [0.1, 0.15) is 0 Å². The van der Waals surface area contributed by atoms with Gasteiger partial charge in [0.15, 0.2) is 6.10 Å². The van der Waals surface area contributed by atoms with E-state index in [1.807, 2.05) is 18.2 Å². The van der Waals surface area contributed by atoms with Gasteiger partial charge in [-0.15, -0.1) is 0 Å². The Balaban J connectivity index is 2.24. The van der Waals surface area contributed by atoms with Crippen LogP contribution in [0.15, 0.2) is 24.3 Å². The van der Waals surface area contributed by atoms with Crippen LogP contribution in [0, 0.1) is 0 Å². The minimum absolute atomic E-state index is 0.122. The van der Waals surface area contributed by atoms with E-state index < -0.39 is 12.1 Å². The summed E-state index contributed by atoms with van der Waals surface area (Å²) in [6.07, 6.45) is 2.99. The largest absolute Gasteiger partial charge is 0.464 e. The van der Waals surface area contributed by atoms with Crippen molar-refractivity contribution in [1.29, 1.82) is 0 Å². The second-order valence-corrected chi connectivity index (χ2v) is 4.75. The molecule has 1 aliphatic rings. The molecule has 0 fully saturated rings. The van der Waals surface area contributed by atoms with Crippen LogP contribution in [0.4, 0.5) is 0 Å².